The van der Waals surface area contributed by atoms with Crippen molar-refractivity contribution in [2.75, 3.05) is 6.61 Å². The van der Waals surface area contributed by atoms with Gasteiger partial charge in [-0.1, -0.05) is 70.9 Å². The second-order valence-corrected chi connectivity index (χ2v) is 7.09. The predicted octanol–water partition coefficient (Wildman–Crippen LogP) is 6.34. The molecule has 0 radical (unpaired) electrons. The first-order valence-corrected chi connectivity index (χ1v) is 10.6. The highest BCUT2D eigenvalue weighted by Crippen LogP contribution is 2.21. The number of unbranched alkanes of at least 4 members (excludes halogenated alkanes) is 10. The first-order valence-electron chi connectivity index (χ1n) is 10.6. The number of esters is 1. The molecule has 25 heavy (non-hydrogen) atoms. The fraction of sp³-hybridized carbons (Fsp3) is 0.864. The fourth-order valence-corrected chi connectivity index (χ4v) is 3.00. The molecule has 3 nitrogen and oxygen atoms in total. The minimum atomic E-state index is -1.28. The van der Waals surface area contributed by atoms with E-state index in [1.807, 2.05) is 6.92 Å². The van der Waals surface area contributed by atoms with Crippen LogP contribution in [0.5, 0.6) is 0 Å². The lowest BCUT2D eigenvalue weighted by Crippen LogP contribution is -2.39. The number of hydrogen-bond acceptors (Lipinski definition) is 3. The van der Waals surface area contributed by atoms with Crippen LogP contribution in [-0.2, 0) is 9.53 Å². The number of rotatable bonds is 17. The van der Waals surface area contributed by atoms with E-state index < -0.39 is 11.6 Å². The summed E-state index contributed by atoms with van der Waals surface area (Å²) >= 11 is 0. The van der Waals surface area contributed by atoms with Crippen molar-refractivity contribution in [3.05, 3.63) is 12.2 Å². The summed E-state index contributed by atoms with van der Waals surface area (Å²) in [4.78, 5) is 11.8. The molecule has 0 fully saturated rings. The molecule has 0 rings (SSSR count). The molecule has 0 aliphatic carbocycles. The molecule has 0 aromatic heterocycles. The van der Waals surface area contributed by atoms with Gasteiger partial charge in [0.25, 0.3) is 0 Å². The topological polar surface area (TPSA) is 46.5 Å². The van der Waals surface area contributed by atoms with Gasteiger partial charge in [0.05, 0.1) is 6.61 Å². The summed E-state index contributed by atoms with van der Waals surface area (Å²) < 4.78 is 4.97. The molecular weight excluding hydrogens is 312 g/mol. The molecule has 148 valence electrons. The molecule has 0 aliphatic heterocycles. The number of allylic oxidation sites excluding steroid dienone is 2. The number of hydrogen-bond donors (Lipinski definition) is 1. The molecule has 0 saturated carbocycles. The molecule has 1 atom stereocenters. The summed E-state index contributed by atoms with van der Waals surface area (Å²) in [5.74, 6) is -0.463. The highest BCUT2D eigenvalue weighted by molar-refractivity contribution is 5.79. The maximum absolute atomic E-state index is 11.8. The minimum absolute atomic E-state index is 0.326. The molecule has 0 spiro atoms. The molecule has 0 heterocycles. The van der Waals surface area contributed by atoms with Crippen molar-refractivity contribution >= 4 is 5.97 Å². The molecule has 0 bridgehead atoms. The predicted molar refractivity (Wildman–Crippen MR) is 107 cm³/mol. The zero-order chi connectivity index (χ0) is 18.8. The Morgan fingerprint density at radius 2 is 1.36 bits per heavy atom. The van der Waals surface area contributed by atoms with E-state index in [2.05, 4.69) is 19.1 Å². The fourth-order valence-electron chi connectivity index (χ4n) is 3.00. The summed E-state index contributed by atoms with van der Waals surface area (Å²) in [7, 11) is 0. The minimum Gasteiger partial charge on any atom is -0.464 e. The van der Waals surface area contributed by atoms with Crippen molar-refractivity contribution in [3.63, 3.8) is 0 Å². The third-order valence-corrected chi connectivity index (χ3v) is 4.84. The number of carbonyl (C=O) groups excluding carboxylic acids is 1. The zero-order valence-corrected chi connectivity index (χ0v) is 17.0. The van der Waals surface area contributed by atoms with Gasteiger partial charge in [0.1, 0.15) is 0 Å². The van der Waals surface area contributed by atoms with Gasteiger partial charge < -0.3 is 9.84 Å². The summed E-state index contributed by atoms with van der Waals surface area (Å²) in [6.45, 7) is 6.19. The van der Waals surface area contributed by atoms with Crippen molar-refractivity contribution in [1.82, 2.24) is 0 Å². The van der Waals surface area contributed by atoms with Crippen LogP contribution in [0.15, 0.2) is 12.2 Å². The maximum atomic E-state index is 11.8. The van der Waals surface area contributed by atoms with Crippen molar-refractivity contribution in [2.45, 2.75) is 116 Å². The van der Waals surface area contributed by atoms with Gasteiger partial charge in [-0.05, 0) is 51.9 Å². The average Bonchev–Trinajstić information content (AvgIpc) is 2.62. The van der Waals surface area contributed by atoms with E-state index >= 15 is 0 Å². The van der Waals surface area contributed by atoms with Crippen molar-refractivity contribution in [1.29, 1.82) is 0 Å². The van der Waals surface area contributed by atoms with Gasteiger partial charge in [0, 0.05) is 0 Å². The lowest BCUT2D eigenvalue weighted by Gasteiger charge is -2.24. The van der Waals surface area contributed by atoms with Gasteiger partial charge in [-0.25, -0.2) is 4.79 Å². The summed E-state index contributed by atoms with van der Waals surface area (Å²) in [5, 5.41) is 10.3. The van der Waals surface area contributed by atoms with E-state index in [4.69, 9.17) is 4.74 Å². The zero-order valence-electron chi connectivity index (χ0n) is 17.0. The SMILES string of the molecule is CCCCCCCC/C=C\CCCCCCC(O)(CC)C(=O)OCC. The first-order chi connectivity index (χ1) is 12.1. The van der Waals surface area contributed by atoms with E-state index in [1.165, 1.54) is 51.4 Å². The van der Waals surface area contributed by atoms with Gasteiger partial charge >= 0.3 is 5.97 Å². The maximum Gasteiger partial charge on any atom is 0.338 e. The number of ether oxygens (including phenoxy) is 1. The second-order valence-electron chi connectivity index (χ2n) is 7.09. The Kier molecular flexibility index (Phi) is 16.1. The summed E-state index contributed by atoms with van der Waals surface area (Å²) in [6.07, 6.45) is 20.4. The Labute approximate surface area is 156 Å². The Bertz CT molecular complexity index is 338. The molecule has 0 aliphatic rings. The lowest BCUT2D eigenvalue weighted by molar-refractivity contribution is -0.166. The van der Waals surface area contributed by atoms with Crippen LogP contribution in [0, 0.1) is 0 Å². The van der Waals surface area contributed by atoms with E-state index in [0.717, 1.165) is 25.7 Å². The van der Waals surface area contributed by atoms with Crippen LogP contribution < -0.4 is 0 Å². The van der Waals surface area contributed by atoms with Crippen molar-refractivity contribution in [2.24, 2.45) is 0 Å². The van der Waals surface area contributed by atoms with Gasteiger partial charge in [0.2, 0.25) is 0 Å². The largest absolute Gasteiger partial charge is 0.464 e. The molecule has 0 aromatic carbocycles. The van der Waals surface area contributed by atoms with Crippen LogP contribution in [0.25, 0.3) is 0 Å². The van der Waals surface area contributed by atoms with Gasteiger partial charge in [-0.2, -0.15) is 0 Å². The Balaban J connectivity index is 3.54. The van der Waals surface area contributed by atoms with E-state index in [1.54, 1.807) is 6.92 Å². The van der Waals surface area contributed by atoms with E-state index in [0.29, 0.717) is 19.4 Å². The third-order valence-electron chi connectivity index (χ3n) is 4.84. The third kappa shape index (κ3) is 13.1. The molecular formula is C22H42O3. The van der Waals surface area contributed by atoms with Crippen LogP contribution in [-0.4, -0.2) is 23.3 Å². The van der Waals surface area contributed by atoms with E-state index in [-0.39, 0.29) is 0 Å². The molecule has 0 aromatic rings. The molecule has 3 heteroatoms. The second kappa shape index (κ2) is 16.6. The molecule has 1 unspecified atom stereocenters. The number of carbonyl (C=O) groups is 1. The first kappa shape index (κ1) is 24.2. The monoisotopic (exact) mass is 354 g/mol. The lowest BCUT2D eigenvalue weighted by atomic mass is 9.93. The Morgan fingerprint density at radius 1 is 0.840 bits per heavy atom. The van der Waals surface area contributed by atoms with E-state index in [9.17, 15) is 9.90 Å². The highest BCUT2D eigenvalue weighted by Gasteiger charge is 2.34. The van der Waals surface area contributed by atoms with Crippen LogP contribution in [0.3, 0.4) is 0 Å². The summed E-state index contributed by atoms with van der Waals surface area (Å²) in [5.41, 5.74) is -1.28. The van der Waals surface area contributed by atoms with Gasteiger partial charge in [-0.3, -0.25) is 0 Å². The van der Waals surface area contributed by atoms with Gasteiger partial charge in [0.15, 0.2) is 5.60 Å². The normalized spacial score (nSPS) is 13.9. The van der Waals surface area contributed by atoms with Crippen LogP contribution in [0.1, 0.15) is 111 Å². The standard InChI is InChI=1S/C22H42O3/c1-4-7-8-9-10-11-12-13-14-15-16-17-18-19-20-22(24,5-2)21(23)25-6-3/h13-14,24H,4-12,15-20H2,1-3H3/b14-13-. The Morgan fingerprint density at radius 3 is 1.88 bits per heavy atom. The number of aliphatic hydroxyl groups is 1. The van der Waals surface area contributed by atoms with Crippen molar-refractivity contribution < 1.29 is 14.6 Å². The van der Waals surface area contributed by atoms with Crippen molar-refractivity contribution in [3.8, 4) is 0 Å². The van der Waals surface area contributed by atoms with Crippen LogP contribution >= 0.6 is 0 Å². The van der Waals surface area contributed by atoms with Gasteiger partial charge in [-0.15, -0.1) is 0 Å². The average molecular weight is 355 g/mol. The van der Waals surface area contributed by atoms with Crippen LogP contribution in [0.2, 0.25) is 0 Å². The molecule has 0 amide bonds. The Hall–Kier alpha value is -0.830. The van der Waals surface area contributed by atoms with Crippen LogP contribution in [0.4, 0.5) is 0 Å². The molecule has 0 saturated heterocycles. The quantitative estimate of drug-likeness (QED) is 0.188. The summed E-state index contributed by atoms with van der Waals surface area (Å²) in [6, 6.07) is 0. The molecule has 1 N–H and O–H groups in total. The smallest absolute Gasteiger partial charge is 0.338 e. The highest BCUT2D eigenvalue weighted by atomic mass is 16.5.